The lowest BCUT2D eigenvalue weighted by molar-refractivity contribution is -0.151. The molecule has 0 saturated heterocycles. The third-order valence-electron chi connectivity index (χ3n) is 5.41. The van der Waals surface area contributed by atoms with Crippen LogP contribution in [0.2, 0.25) is 0 Å². The second-order valence-electron chi connectivity index (χ2n) is 9.16. The van der Waals surface area contributed by atoms with Crippen molar-refractivity contribution in [2.45, 2.75) is 58.6 Å². The number of amides is 1. The number of nitrogens with zero attached hydrogens (tertiary/aromatic N) is 1. The fraction of sp³-hybridized carbons (Fsp3) is 0.370. The average Bonchev–Trinajstić information content (AvgIpc) is 2.79. The Hall–Kier alpha value is -3.61. The van der Waals surface area contributed by atoms with Gasteiger partial charge in [0.1, 0.15) is 17.0 Å². The lowest BCUT2D eigenvalue weighted by Crippen LogP contribution is -2.57. The number of esters is 1. The maximum absolute atomic E-state index is 12.9. The van der Waals surface area contributed by atoms with E-state index in [1.165, 1.54) is 0 Å². The molecule has 1 aromatic heterocycles. The van der Waals surface area contributed by atoms with Gasteiger partial charge in [0, 0.05) is 23.7 Å². The molecule has 7 heteroatoms. The topological polar surface area (TPSA) is 89.5 Å². The maximum atomic E-state index is 12.9. The number of anilines is 2. The van der Waals surface area contributed by atoms with Crippen LogP contribution in [0.15, 0.2) is 60.8 Å². The first-order chi connectivity index (χ1) is 16.2. The van der Waals surface area contributed by atoms with E-state index in [2.05, 4.69) is 15.6 Å². The molecule has 0 fully saturated rings. The molecule has 3 rings (SSSR count). The number of carbonyl (C=O) groups excluding carboxylic acids is 2. The Morgan fingerprint density at radius 3 is 2.32 bits per heavy atom. The molecule has 0 unspecified atom stereocenters. The number of fused-ring (bicyclic) bond motifs is 1. The zero-order chi connectivity index (χ0) is 24.8. The van der Waals surface area contributed by atoms with E-state index in [-0.39, 0.29) is 13.0 Å². The predicted molar refractivity (Wildman–Crippen MR) is 134 cm³/mol. The molecule has 0 aliphatic heterocycles. The van der Waals surface area contributed by atoms with Crippen molar-refractivity contribution in [2.24, 2.45) is 0 Å². The summed E-state index contributed by atoms with van der Waals surface area (Å²) in [4.78, 5) is 29.9. The number of pyridine rings is 1. The summed E-state index contributed by atoms with van der Waals surface area (Å²) in [5.41, 5.74) is -0.167. The molecule has 1 atom stereocenters. The summed E-state index contributed by atoms with van der Waals surface area (Å²) in [6, 6.07) is 17.7. The molecule has 180 valence electrons. The van der Waals surface area contributed by atoms with E-state index in [0.29, 0.717) is 6.42 Å². The van der Waals surface area contributed by atoms with Gasteiger partial charge in [0.05, 0.1) is 6.61 Å². The van der Waals surface area contributed by atoms with Gasteiger partial charge < -0.3 is 20.1 Å². The van der Waals surface area contributed by atoms with Crippen LogP contribution < -0.4 is 10.6 Å². The van der Waals surface area contributed by atoms with Gasteiger partial charge >= 0.3 is 12.1 Å². The van der Waals surface area contributed by atoms with Gasteiger partial charge in [-0.05, 0) is 63.3 Å². The first kappa shape index (κ1) is 25.0. The van der Waals surface area contributed by atoms with Gasteiger partial charge in [0.2, 0.25) is 0 Å². The highest BCUT2D eigenvalue weighted by Crippen LogP contribution is 2.26. The summed E-state index contributed by atoms with van der Waals surface area (Å²) in [5, 5.41) is 8.28. The third kappa shape index (κ3) is 6.25. The molecule has 2 aromatic carbocycles. The Morgan fingerprint density at radius 2 is 1.68 bits per heavy atom. The van der Waals surface area contributed by atoms with E-state index in [1.807, 2.05) is 61.5 Å². The number of nitrogens with one attached hydrogen (secondary N) is 2. The van der Waals surface area contributed by atoms with Gasteiger partial charge in [0.25, 0.3) is 0 Å². The number of hydrogen-bond donors (Lipinski definition) is 2. The molecule has 1 amide bonds. The third-order valence-corrected chi connectivity index (χ3v) is 5.41. The number of carbonyl (C=O) groups is 2. The van der Waals surface area contributed by atoms with Crippen molar-refractivity contribution in [1.29, 1.82) is 0 Å². The van der Waals surface area contributed by atoms with Crippen molar-refractivity contribution in [3.63, 3.8) is 0 Å². The van der Waals surface area contributed by atoms with Gasteiger partial charge in [-0.25, -0.2) is 14.6 Å². The molecule has 0 aliphatic rings. The van der Waals surface area contributed by atoms with E-state index in [4.69, 9.17) is 9.47 Å². The fourth-order valence-corrected chi connectivity index (χ4v) is 3.70. The molecule has 0 aliphatic carbocycles. The van der Waals surface area contributed by atoms with Crippen LogP contribution in [0.3, 0.4) is 0 Å². The summed E-state index contributed by atoms with van der Waals surface area (Å²) >= 11 is 0. The SMILES string of the molecule is CCOC(=O)[C@](CC)(Cc1ccc(Nc2nccc3ccccc23)cc1)NC(=O)OC(C)(C)C. The lowest BCUT2D eigenvalue weighted by atomic mass is 9.88. The quantitative estimate of drug-likeness (QED) is 0.413. The highest BCUT2D eigenvalue weighted by atomic mass is 16.6. The Morgan fingerprint density at radius 1 is 0.971 bits per heavy atom. The van der Waals surface area contributed by atoms with Crippen molar-refractivity contribution in [1.82, 2.24) is 10.3 Å². The number of alkyl carbamates (subject to hydrolysis) is 1. The van der Waals surface area contributed by atoms with Crippen molar-refractivity contribution >= 4 is 34.3 Å². The zero-order valence-electron chi connectivity index (χ0n) is 20.5. The van der Waals surface area contributed by atoms with Crippen molar-refractivity contribution < 1.29 is 19.1 Å². The fourth-order valence-electron chi connectivity index (χ4n) is 3.70. The van der Waals surface area contributed by atoms with Crippen LogP contribution >= 0.6 is 0 Å². The molecule has 3 aromatic rings. The number of aromatic nitrogens is 1. The van der Waals surface area contributed by atoms with E-state index in [1.54, 1.807) is 33.9 Å². The molecule has 0 radical (unpaired) electrons. The van der Waals surface area contributed by atoms with Gasteiger partial charge in [0.15, 0.2) is 0 Å². The summed E-state index contributed by atoms with van der Waals surface area (Å²) in [6.45, 7) is 9.14. The number of benzene rings is 2. The average molecular weight is 464 g/mol. The Kier molecular flexibility index (Phi) is 7.76. The minimum Gasteiger partial charge on any atom is -0.464 e. The predicted octanol–water partition coefficient (Wildman–Crippen LogP) is 5.76. The Balaban J connectivity index is 1.81. The van der Waals surface area contributed by atoms with Gasteiger partial charge in [-0.3, -0.25) is 0 Å². The minimum absolute atomic E-state index is 0.220. The van der Waals surface area contributed by atoms with Crippen LogP contribution in [-0.2, 0) is 20.7 Å². The van der Waals surface area contributed by atoms with E-state index < -0.39 is 23.2 Å². The highest BCUT2D eigenvalue weighted by Gasteiger charge is 2.41. The van der Waals surface area contributed by atoms with Crippen LogP contribution in [0.5, 0.6) is 0 Å². The summed E-state index contributed by atoms with van der Waals surface area (Å²) in [7, 11) is 0. The van der Waals surface area contributed by atoms with Gasteiger partial charge in [-0.2, -0.15) is 0 Å². The summed E-state index contributed by atoms with van der Waals surface area (Å²) < 4.78 is 10.7. The molecule has 1 heterocycles. The maximum Gasteiger partial charge on any atom is 0.408 e. The standard InChI is InChI=1S/C27H33N3O4/c1-6-27(24(31)33-7-2,30-25(32)34-26(3,4)5)18-19-12-14-21(15-13-19)29-23-22-11-9-8-10-20(22)16-17-28-23/h8-17H,6-7,18H2,1-5H3,(H,28,29)(H,30,32)/t27-/m0/s1. The summed E-state index contributed by atoms with van der Waals surface area (Å²) in [5.74, 6) is 0.289. The molecule has 7 nitrogen and oxygen atoms in total. The van der Waals surface area contributed by atoms with Gasteiger partial charge in [-0.1, -0.05) is 43.3 Å². The first-order valence-corrected chi connectivity index (χ1v) is 11.5. The molecular weight excluding hydrogens is 430 g/mol. The number of rotatable bonds is 8. The van der Waals surface area contributed by atoms with Crippen molar-refractivity contribution in [3.8, 4) is 0 Å². The number of ether oxygens (including phenoxy) is 2. The molecule has 34 heavy (non-hydrogen) atoms. The monoisotopic (exact) mass is 463 g/mol. The zero-order valence-corrected chi connectivity index (χ0v) is 20.5. The lowest BCUT2D eigenvalue weighted by Gasteiger charge is -2.32. The van der Waals surface area contributed by atoms with Crippen molar-refractivity contribution in [3.05, 3.63) is 66.4 Å². The Labute approximate surface area is 200 Å². The van der Waals surface area contributed by atoms with Crippen molar-refractivity contribution in [2.75, 3.05) is 11.9 Å². The highest BCUT2D eigenvalue weighted by molar-refractivity contribution is 5.93. The van der Waals surface area contributed by atoms with Crippen LogP contribution in [0.1, 0.15) is 46.6 Å². The van der Waals surface area contributed by atoms with E-state index >= 15 is 0 Å². The molecule has 0 saturated carbocycles. The van der Waals surface area contributed by atoms with Crippen LogP contribution in [-0.4, -0.2) is 34.8 Å². The van der Waals surface area contributed by atoms with Crippen LogP contribution in [0.25, 0.3) is 10.8 Å². The molecule has 0 bridgehead atoms. The Bertz CT molecular complexity index is 1130. The molecular formula is C27H33N3O4. The molecule has 0 spiro atoms. The normalized spacial score (nSPS) is 13.1. The minimum atomic E-state index is -1.23. The van der Waals surface area contributed by atoms with E-state index in [0.717, 1.165) is 27.8 Å². The largest absolute Gasteiger partial charge is 0.464 e. The first-order valence-electron chi connectivity index (χ1n) is 11.5. The smallest absolute Gasteiger partial charge is 0.408 e. The number of hydrogen-bond acceptors (Lipinski definition) is 6. The summed E-state index contributed by atoms with van der Waals surface area (Å²) in [6.07, 6.45) is 1.75. The van der Waals surface area contributed by atoms with E-state index in [9.17, 15) is 9.59 Å². The van der Waals surface area contributed by atoms with Crippen LogP contribution in [0.4, 0.5) is 16.3 Å². The van der Waals surface area contributed by atoms with Crippen LogP contribution in [0, 0.1) is 0 Å². The second-order valence-corrected chi connectivity index (χ2v) is 9.16. The molecule has 2 N–H and O–H groups in total. The second kappa shape index (κ2) is 10.5. The van der Waals surface area contributed by atoms with Gasteiger partial charge in [-0.15, -0.1) is 0 Å².